The Morgan fingerprint density at radius 3 is 1.65 bits per heavy atom. The second kappa shape index (κ2) is 6.75. The van der Waals surface area contributed by atoms with Gasteiger partial charge in [0.1, 0.15) is 6.10 Å². The number of hydrogen-bond donors (Lipinski definition) is 2. The third-order valence-corrected chi connectivity index (χ3v) is 3.48. The third kappa shape index (κ3) is 4.89. The standard InChI is InChI=1S/C16H28O7/c1-8-10(22-13(19)15(2,3)4)11(9(17)12(18)21-8)23-14(20)16(5,6)7/h8-12,17-18H,1-7H3/t8-,9-,10+,11-,12+/m0/s1. The minimum absolute atomic E-state index is 0.515. The van der Waals surface area contributed by atoms with E-state index in [1.165, 1.54) is 0 Å². The summed E-state index contributed by atoms with van der Waals surface area (Å²) in [4.78, 5) is 24.3. The molecule has 0 amide bonds. The van der Waals surface area contributed by atoms with Crippen molar-refractivity contribution >= 4 is 11.9 Å². The summed E-state index contributed by atoms with van der Waals surface area (Å²) in [6.45, 7) is 11.6. The minimum atomic E-state index is -1.52. The summed E-state index contributed by atoms with van der Waals surface area (Å²) in [7, 11) is 0. The SMILES string of the molecule is C[C@@H]1O[C@@H](O)[C@@H](O)[C@H](OC(=O)C(C)(C)C)[C@@H]1OC(=O)C(C)(C)C. The van der Waals surface area contributed by atoms with E-state index in [0.717, 1.165) is 0 Å². The van der Waals surface area contributed by atoms with E-state index < -0.39 is 53.5 Å². The number of hydrogen-bond acceptors (Lipinski definition) is 7. The number of carbonyl (C=O) groups is 2. The third-order valence-electron chi connectivity index (χ3n) is 3.48. The number of ether oxygens (including phenoxy) is 3. The zero-order valence-corrected chi connectivity index (χ0v) is 14.8. The predicted molar refractivity (Wildman–Crippen MR) is 81.2 cm³/mol. The first-order valence-corrected chi connectivity index (χ1v) is 7.69. The lowest BCUT2D eigenvalue weighted by Crippen LogP contribution is -2.60. The normalized spacial score (nSPS) is 32.3. The van der Waals surface area contributed by atoms with Gasteiger partial charge in [0, 0.05) is 0 Å². The topological polar surface area (TPSA) is 102 Å². The first-order valence-electron chi connectivity index (χ1n) is 7.69. The Morgan fingerprint density at radius 1 is 0.870 bits per heavy atom. The van der Waals surface area contributed by atoms with E-state index in [1.54, 1.807) is 48.5 Å². The van der Waals surface area contributed by atoms with Crippen LogP contribution >= 0.6 is 0 Å². The molecule has 1 rings (SSSR count). The van der Waals surface area contributed by atoms with Gasteiger partial charge < -0.3 is 24.4 Å². The number of esters is 2. The van der Waals surface area contributed by atoms with E-state index in [0.29, 0.717) is 0 Å². The van der Waals surface area contributed by atoms with Gasteiger partial charge in [0.05, 0.1) is 16.9 Å². The number of aliphatic hydroxyl groups is 2. The van der Waals surface area contributed by atoms with Crippen LogP contribution in [0.5, 0.6) is 0 Å². The molecule has 1 aliphatic heterocycles. The maximum atomic E-state index is 12.1. The van der Waals surface area contributed by atoms with E-state index in [2.05, 4.69) is 0 Å². The fraction of sp³-hybridized carbons (Fsp3) is 0.875. The van der Waals surface area contributed by atoms with Crippen molar-refractivity contribution in [1.29, 1.82) is 0 Å². The first kappa shape index (κ1) is 19.9. The highest BCUT2D eigenvalue weighted by Crippen LogP contribution is 2.29. The van der Waals surface area contributed by atoms with Crippen molar-refractivity contribution < 1.29 is 34.0 Å². The van der Waals surface area contributed by atoms with Crippen molar-refractivity contribution in [3.8, 4) is 0 Å². The van der Waals surface area contributed by atoms with E-state index in [-0.39, 0.29) is 0 Å². The second-order valence-corrected chi connectivity index (χ2v) is 7.96. The molecule has 0 aromatic carbocycles. The highest BCUT2D eigenvalue weighted by atomic mass is 16.7. The molecular weight excluding hydrogens is 304 g/mol. The largest absolute Gasteiger partial charge is 0.455 e. The quantitative estimate of drug-likeness (QED) is 0.727. The summed E-state index contributed by atoms with van der Waals surface area (Å²) in [6.07, 6.45) is -5.97. The molecule has 0 aromatic rings. The molecule has 134 valence electrons. The maximum Gasteiger partial charge on any atom is 0.311 e. The molecule has 7 heteroatoms. The maximum absolute atomic E-state index is 12.1. The molecule has 0 saturated carbocycles. The lowest BCUT2D eigenvalue weighted by Gasteiger charge is -2.42. The van der Waals surface area contributed by atoms with Gasteiger partial charge in [0.2, 0.25) is 0 Å². The van der Waals surface area contributed by atoms with Crippen LogP contribution in [0.3, 0.4) is 0 Å². The summed E-state index contributed by atoms with van der Waals surface area (Å²) < 4.78 is 15.9. The molecule has 0 unspecified atom stereocenters. The van der Waals surface area contributed by atoms with Crippen molar-refractivity contribution in [3.05, 3.63) is 0 Å². The summed E-state index contributed by atoms with van der Waals surface area (Å²) in [5.74, 6) is -1.09. The molecule has 0 aromatic heterocycles. The Bertz CT molecular complexity index is 446. The minimum Gasteiger partial charge on any atom is -0.455 e. The van der Waals surface area contributed by atoms with Gasteiger partial charge >= 0.3 is 11.9 Å². The van der Waals surface area contributed by atoms with Gasteiger partial charge in [-0.05, 0) is 48.5 Å². The van der Waals surface area contributed by atoms with Crippen LogP contribution in [0.25, 0.3) is 0 Å². The fourth-order valence-electron chi connectivity index (χ4n) is 1.90. The van der Waals surface area contributed by atoms with Crippen LogP contribution in [0.2, 0.25) is 0 Å². The van der Waals surface area contributed by atoms with Crippen molar-refractivity contribution in [2.45, 2.75) is 79.2 Å². The molecular formula is C16H28O7. The molecule has 1 aliphatic rings. The van der Waals surface area contributed by atoms with E-state index >= 15 is 0 Å². The lowest BCUT2D eigenvalue weighted by molar-refractivity contribution is -0.287. The molecule has 0 radical (unpaired) electrons. The molecule has 1 saturated heterocycles. The van der Waals surface area contributed by atoms with Crippen LogP contribution < -0.4 is 0 Å². The molecule has 5 atom stereocenters. The van der Waals surface area contributed by atoms with Crippen molar-refractivity contribution in [2.75, 3.05) is 0 Å². The second-order valence-electron chi connectivity index (χ2n) is 7.96. The van der Waals surface area contributed by atoms with E-state index in [9.17, 15) is 19.8 Å². The molecule has 2 N–H and O–H groups in total. The van der Waals surface area contributed by atoms with Crippen LogP contribution in [0, 0.1) is 10.8 Å². The van der Waals surface area contributed by atoms with E-state index in [1.807, 2.05) is 0 Å². The van der Waals surface area contributed by atoms with Gasteiger partial charge in [-0.2, -0.15) is 0 Å². The van der Waals surface area contributed by atoms with Gasteiger partial charge in [0.15, 0.2) is 18.5 Å². The molecule has 0 spiro atoms. The highest BCUT2D eigenvalue weighted by molar-refractivity contribution is 5.76. The Hall–Kier alpha value is -1.18. The Labute approximate surface area is 136 Å². The average Bonchev–Trinajstić information content (AvgIpc) is 2.37. The van der Waals surface area contributed by atoms with Gasteiger partial charge in [0.25, 0.3) is 0 Å². The van der Waals surface area contributed by atoms with Gasteiger partial charge in [-0.25, -0.2) is 0 Å². The summed E-state index contributed by atoms with van der Waals surface area (Å²) >= 11 is 0. The zero-order valence-electron chi connectivity index (χ0n) is 14.8. The van der Waals surface area contributed by atoms with Crippen LogP contribution in [0.1, 0.15) is 48.5 Å². The van der Waals surface area contributed by atoms with Crippen molar-refractivity contribution in [2.24, 2.45) is 10.8 Å². The van der Waals surface area contributed by atoms with E-state index in [4.69, 9.17) is 14.2 Å². The fourth-order valence-corrected chi connectivity index (χ4v) is 1.90. The highest BCUT2D eigenvalue weighted by Gasteiger charge is 2.49. The Balaban J connectivity index is 3.01. The first-order chi connectivity index (χ1) is 10.2. The lowest BCUT2D eigenvalue weighted by atomic mass is 9.94. The van der Waals surface area contributed by atoms with Crippen LogP contribution in [0.4, 0.5) is 0 Å². The number of rotatable bonds is 2. The average molecular weight is 332 g/mol. The monoisotopic (exact) mass is 332 g/mol. The van der Waals surface area contributed by atoms with Crippen molar-refractivity contribution in [1.82, 2.24) is 0 Å². The molecule has 0 aliphatic carbocycles. The van der Waals surface area contributed by atoms with Gasteiger partial charge in [-0.3, -0.25) is 9.59 Å². The smallest absolute Gasteiger partial charge is 0.311 e. The van der Waals surface area contributed by atoms with Crippen LogP contribution in [-0.4, -0.2) is 52.9 Å². The van der Waals surface area contributed by atoms with Gasteiger partial charge in [-0.15, -0.1) is 0 Å². The summed E-state index contributed by atoms with van der Waals surface area (Å²) in [6, 6.07) is 0. The molecule has 0 bridgehead atoms. The van der Waals surface area contributed by atoms with Gasteiger partial charge in [-0.1, -0.05) is 0 Å². The van der Waals surface area contributed by atoms with Crippen LogP contribution in [-0.2, 0) is 23.8 Å². The summed E-state index contributed by atoms with van der Waals surface area (Å²) in [5, 5.41) is 19.9. The Kier molecular flexibility index (Phi) is 5.83. The van der Waals surface area contributed by atoms with Crippen LogP contribution in [0.15, 0.2) is 0 Å². The Morgan fingerprint density at radius 2 is 1.26 bits per heavy atom. The summed E-state index contributed by atoms with van der Waals surface area (Å²) in [5.41, 5.74) is -1.57. The zero-order chi connectivity index (χ0) is 18.2. The predicted octanol–water partition coefficient (Wildman–Crippen LogP) is 1.00. The number of aliphatic hydroxyl groups excluding tert-OH is 2. The molecule has 7 nitrogen and oxygen atoms in total. The molecule has 23 heavy (non-hydrogen) atoms. The molecule has 1 fully saturated rings. The molecule has 1 heterocycles. The number of carbonyl (C=O) groups excluding carboxylic acids is 2. The van der Waals surface area contributed by atoms with Crippen molar-refractivity contribution in [3.63, 3.8) is 0 Å².